The maximum absolute atomic E-state index is 12.8. The van der Waals surface area contributed by atoms with Crippen LogP contribution in [0.2, 0.25) is 0 Å². The molecule has 9 heteroatoms. The van der Waals surface area contributed by atoms with E-state index in [0.29, 0.717) is 35.7 Å². The van der Waals surface area contributed by atoms with Gasteiger partial charge < -0.3 is 4.74 Å². The molecule has 0 fully saturated rings. The molecule has 0 spiro atoms. The fourth-order valence-electron chi connectivity index (χ4n) is 3.82. The average Bonchev–Trinajstić information content (AvgIpc) is 2.91. The van der Waals surface area contributed by atoms with Gasteiger partial charge in [-0.2, -0.15) is 0 Å². The number of amides is 2. The number of benzene rings is 3. The Balaban J connectivity index is 1.61. The van der Waals surface area contributed by atoms with E-state index in [2.05, 4.69) is 29.0 Å². The molecule has 3 aromatic carbocycles. The Bertz CT molecular complexity index is 1180. The number of carbonyl (C=O) groups is 2. The van der Waals surface area contributed by atoms with Crippen molar-refractivity contribution in [3.05, 3.63) is 76.9 Å². The first-order chi connectivity index (χ1) is 18.0. The lowest BCUT2D eigenvalue weighted by Gasteiger charge is -2.13. The molecule has 0 aromatic heterocycles. The molecule has 4 N–H and O–H groups in total. The Labute approximate surface area is 217 Å². The normalized spacial score (nSPS) is 10.9. The van der Waals surface area contributed by atoms with Gasteiger partial charge in [-0.1, -0.05) is 56.5 Å². The number of hydrogen-bond acceptors (Lipinski definition) is 7. The second kappa shape index (κ2) is 14.9. The molecule has 0 heterocycles. The van der Waals surface area contributed by atoms with Crippen LogP contribution in [0.1, 0.15) is 71.4 Å². The molecule has 0 aliphatic carbocycles. The van der Waals surface area contributed by atoms with E-state index in [-0.39, 0.29) is 18.4 Å². The van der Waals surface area contributed by atoms with Crippen molar-refractivity contribution in [2.24, 2.45) is 0 Å². The molecule has 3 rings (SSSR count). The minimum absolute atomic E-state index is 0.0845. The van der Waals surface area contributed by atoms with Crippen molar-refractivity contribution in [3.8, 4) is 5.75 Å². The molecule has 2 amide bonds. The van der Waals surface area contributed by atoms with Crippen molar-refractivity contribution in [1.82, 2.24) is 22.0 Å². The number of unbranched alkanes of at least 4 members (excludes halogenated alkanes) is 3. The standard InChI is InChI=1S/C28H36N4O5/c1-4-6-7-10-15-35-23-17-21(16-22(18-23)27(33)29-31-36-5-2)19-37-32-30-28(34)26-14-13-20(3)24-11-8-9-12-25(24)26/h8-9,11-14,16-18,31-32H,4-7,10,15,19H2,1-3H3,(H,29,33)(H,30,34). The fourth-order valence-corrected chi connectivity index (χ4v) is 3.82. The minimum Gasteiger partial charge on any atom is -0.494 e. The molecule has 3 aromatic rings. The summed E-state index contributed by atoms with van der Waals surface area (Å²) < 4.78 is 5.89. The zero-order valence-corrected chi connectivity index (χ0v) is 21.7. The highest BCUT2D eigenvalue weighted by Gasteiger charge is 2.12. The first-order valence-electron chi connectivity index (χ1n) is 12.6. The Morgan fingerprint density at radius 1 is 0.811 bits per heavy atom. The molecule has 37 heavy (non-hydrogen) atoms. The van der Waals surface area contributed by atoms with Crippen molar-refractivity contribution >= 4 is 22.6 Å². The summed E-state index contributed by atoms with van der Waals surface area (Å²) in [5.41, 5.74) is 12.7. The van der Waals surface area contributed by atoms with Gasteiger partial charge in [-0.25, -0.2) is 0 Å². The van der Waals surface area contributed by atoms with Crippen molar-refractivity contribution in [2.45, 2.75) is 53.1 Å². The summed E-state index contributed by atoms with van der Waals surface area (Å²) in [4.78, 5) is 35.7. The predicted molar refractivity (Wildman–Crippen MR) is 142 cm³/mol. The van der Waals surface area contributed by atoms with Crippen LogP contribution in [0.3, 0.4) is 0 Å². The molecular formula is C28H36N4O5. The van der Waals surface area contributed by atoms with E-state index in [1.54, 1.807) is 25.1 Å². The first-order valence-corrected chi connectivity index (χ1v) is 12.6. The van der Waals surface area contributed by atoms with Crippen LogP contribution in [0.5, 0.6) is 5.75 Å². The van der Waals surface area contributed by atoms with Crippen molar-refractivity contribution in [3.63, 3.8) is 0 Å². The maximum atomic E-state index is 12.8. The van der Waals surface area contributed by atoms with Gasteiger partial charge in [0, 0.05) is 11.1 Å². The van der Waals surface area contributed by atoms with Gasteiger partial charge in [0.15, 0.2) is 0 Å². The van der Waals surface area contributed by atoms with E-state index in [4.69, 9.17) is 14.4 Å². The highest BCUT2D eigenvalue weighted by molar-refractivity contribution is 6.07. The van der Waals surface area contributed by atoms with E-state index in [1.165, 1.54) is 0 Å². The summed E-state index contributed by atoms with van der Waals surface area (Å²) in [5.74, 6) is -0.129. The Morgan fingerprint density at radius 2 is 1.57 bits per heavy atom. The predicted octanol–water partition coefficient (Wildman–Crippen LogP) is 4.66. The minimum atomic E-state index is -0.376. The van der Waals surface area contributed by atoms with E-state index < -0.39 is 0 Å². The quantitative estimate of drug-likeness (QED) is 0.175. The second-order valence-electron chi connectivity index (χ2n) is 8.58. The number of nitrogens with one attached hydrogen (secondary N) is 4. The third kappa shape index (κ3) is 8.54. The summed E-state index contributed by atoms with van der Waals surface area (Å²) in [6.45, 7) is 7.01. The lowest BCUT2D eigenvalue weighted by Crippen LogP contribution is -2.37. The number of hydrazine groups is 2. The Morgan fingerprint density at radius 3 is 2.35 bits per heavy atom. The van der Waals surface area contributed by atoms with Gasteiger partial charge in [-0.05, 0) is 66.4 Å². The molecule has 0 bridgehead atoms. The summed E-state index contributed by atoms with van der Waals surface area (Å²) in [6.07, 6.45) is 4.32. The molecule has 198 valence electrons. The van der Waals surface area contributed by atoms with Gasteiger partial charge in [0.2, 0.25) is 0 Å². The topological polar surface area (TPSA) is 110 Å². The number of rotatable bonds is 15. The Kier molecular flexibility index (Phi) is 11.3. The summed E-state index contributed by atoms with van der Waals surface area (Å²) >= 11 is 0. The van der Waals surface area contributed by atoms with Gasteiger partial charge in [-0.15, -0.1) is 11.2 Å². The summed E-state index contributed by atoms with van der Waals surface area (Å²) in [5, 5.41) is 1.88. The molecule has 0 radical (unpaired) electrons. The van der Waals surface area contributed by atoms with Gasteiger partial charge in [0.05, 0.1) is 19.8 Å². The van der Waals surface area contributed by atoms with Gasteiger partial charge >= 0.3 is 0 Å². The molecule has 0 saturated heterocycles. The molecular weight excluding hydrogens is 472 g/mol. The molecule has 0 aliphatic rings. The molecule has 0 unspecified atom stereocenters. The molecule has 0 aliphatic heterocycles. The van der Waals surface area contributed by atoms with Crippen molar-refractivity contribution in [1.29, 1.82) is 0 Å². The van der Waals surface area contributed by atoms with Crippen LogP contribution in [0.25, 0.3) is 10.8 Å². The summed E-state index contributed by atoms with van der Waals surface area (Å²) in [7, 11) is 0. The number of hydrogen-bond donors (Lipinski definition) is 4. The van der Waals surface area contributed by atoms with Gasteiger partial charge in [0.25, 0.3) is 11.8 Å². The number of carbonyl (C=O) groups excluding carboxylic acids is 2. The highest BCUT2D eigenvalue weighted by Crippen LogP contribution is 2.22. The van der Waals surface area contributed by atoms with Crippen LogP contribution in [-0.4, -0.2) is 25.0 Å². The van der Waals surface area contributed by atoms with Crippen molar-refractivity contribution in [2.75, 3.05) is 13.2 Å². The molecule has 0 atom stereocenters. The number of fused-ring (bicyclic) bond motifs is 1. The van der Waals surface area contributed by atoms with Crippen LogP contribution < -0.4 is 26.8 Å². The van der Waals surface area contributed by atoms with Crippen LogP contribution in [0.4, 0.5) is 0 Å². The lowest BCUT2D eigenvalue weighted by atomic mass is 10.00. The van der Waals surface area contributed by atoms with E-state index in [0.717, 1.165) is 42.0 Å². The largest absolute Gasteiger partial charge is 0.494 e. The van der Waals surface area contributed by atoms with E-state index in [9.17, 15) is 9.59 Å². The smallest absolute Gasteiger partial charge is 0.267 e. The summed E-state index contributed by atoms with van der Waals surface area (Å²) in [6, 6.07) is 16.6. The molecule has 9 nitrogen and oxygen atoms in total. The fraction of sp³-hybridized carbons (Fsp3) is 0.357. The van der Waals surface area contributed by atoms with Gasteiger partial charge in [-0.3, -0.25) is 30.1 Å². The van der Waals surface area contributed by atoms with Crippen LogP contribution in [-0.2, 0) is 16.3 Å². The maximum Gasteiger partial charge on any atom is 0.267 e. The second-order valence-corrected chi connectivity index (χ2v) is 8.58. The van der Waals surface area contributed by atoms with Gasteiger partial charge in [0.1, 0.15) is 5.75 Å². The Hall–Kier alpha value is -3.50. The van der Waals surface area contributed by atoms with E-state index >= 15 is 0 Å². The number of ether oxygens (including phenoxy) is 1. The average molecular weight is 509 g/mol. The number of aryl methyl sites for hydroxylation is 1. The van der Waals surface area contributed by atoms with Crippen molar-refractivity contribution < 1.29 is 24.0 Å². The van der Waals surface area contributed by atoms with Crippen LogP contribution in [0, 0.1) is 6.92 Å². The third-order valence-corrected chi connectivity index (χ3v) is 5.74. The third-order valence-electron chi connectivity index (χ3n) is 5.74. The SMILES string of the molecule is CCCCCCOc1cc(CONNC(=O)c2ccc(C)c3ccccc23)cc(C(=O)NNOCC)c1. The molecule has 0 saturated carbocycles. The zero-order chi connectivity index (χ0) is 26.5. The van der Waals surface area contributed by atoms with Crippen LogP contribution in [0.15, 0.2) is 54.6 Å². The monoisotopic (exact) mass is 508 g/mol. The lowest BCUT2D eigenvalue weighted by molar-refractivity contribution is 0.000593. The highest BCUT2D eigenvalue weighted by atomic mass is 16.7. The zero-order valence-electron chi connectivity index (χ0n) is 21.7. The van der Waals surface area contributed by atoms with Crippen LogP contribution >= 0.6 is 0 Å². The van der Waals surface area contributed by atoms with E-state index in [1.807, 2.05) is 43.3 Å². The first kappa shape index (κ1) is 28.1.